The molecule has 9 nitrogen and oxygen atoms in total. The first-order chi connectivity index (χ1) is 14.1. The Labute approximate surface area is 173 Å². The smallest absolute Gasteiger partial charge is 0.325 e. The quantitative estimate of drug-likeness (QED) is 0.305. The average molecular weight is 414 g/mol. The number of amides is 1. The SMILES string of the molecule is COc1ccc(C(=O)NCC(=O)OCC(=O)c2cc(C)c(C)cc2C)cc1[N+](=O)[O-]. The van der Waals surface area contributed by atoms with Crippen LogP contribution >= 0.6 is 0 Å². The Bertz CT molecular complexity index is 1010. The number of hydrogen-bond acceptors (Lipinski definition) is 7. The van der Waals surface area contributed by atoms with Crippen LogP contribution in [0.15, 0.2) is 30.3 Å². The third kappa shape index (κ3) is 5.40. The van der Waals surface area contributed by atoms with Gasteiger partial charge in [0, 0.05) is 17.2 Å². The Morgan fingerprint density at radius 3 is 2.33 bits per heavy atom. The van der Waals surface area contributed by atoms with Gasteiger partial charge in [0.2, 0.25) is 5.78 Å². The zero-order valence-electron chi connectivity index (χ0n) is 17.1. The van der Waals surface area contributed by atoms with E-state index in [0.717, 1.165) is 22.8 Å². The van der Waals surface area contributed by atoms with E-state index in [4.69, 9.17) is 9.47 Å². The second kappa shape index (κ2) is 9.64. The van der Waals surface area contributed by atoms with E-state index >= 15 is 0 Å². The molecule has 158 valence electrons. The normalized spacial score (nSPS) is 10.3. The number of ether oxygens (including phenoxy) is 2. The number of carbonyl (C=O) groups is 3. The van der Waals surface area contributed by atoms with Crippen LogP contribution in [0.3, 0.4) is 0 Å². The summed E-state index contributed by atoms with van der Waals surface area (Å²) in [5, 5.41) is 13.3. The van der Waals surface area contributed by atoms with Crippen LogP contribution in [0, 0.1) is 30.9 Å². The minimum Gasteiger partial charge on any atom is -0.490 e. The van der Waals surface area contributed by atoms with Crippen molar-refractivity contribution in [2.24, 2.45) is 0 Å². The standard InChI is InChI=1S/C21H22N2O7/c1-12-7-14(3)16(8-13(12)2)18(24)11-30-20(25)10-22-21(26)15-5-6-19(29-4)17(9-15)23(27)28/h5-9H,10-11H2,1-4H3,(H,22,26). The van der Waals surface area contributed by atoms with Crippen molar-refractivity contribution in [1.82, 2.24) is 5.32 Å². The molecule has 2 aromatic rings. The van der Waals surface area contributed by atoms with Gasteiger partial charge in [-0.05, 0) is 55.7 Å². The molecule has 0 saturated heterocycles. The highest BCUT2D eigenvalue weighted by Gasteiger charge is 2.19. The van der Waals surface area contributed by atoms with E-state index < -0.39 is 30.0 Å². The lowest BCUT2D eigenvalue weighted by Gasteiger charge is -2.10. The first-order valence-corrected chi connectivity index (χ1v) is 9.01. The molecule has 1 N–H and O–H groups in total. The number of Topliss-reactive ketones (excluding diaryl/α,β-unsaturated/α-hetero) is 1. The number of rotatable bonds is 8. The van der Waals surface area contributed by atoms with Crippen molar-refractivity contribution in [2.45, 2.75) is 20.8 Å². The second-order valence-corrected chi connectivity index (χ2v) is 6.66. The molecular weight excluding hydrogens is 392 g/mol. The fourth-order valence-corrected chi connectivity index (χ4v) is 2.76. The maximum absolute atomic E-state index is 12.3. The third-order valence-electron chi connectivity index (χ3n) is 4.54. The molecule has 0 spiro atoms. The summed E-state index contributed by atoms with van der Waals surface area (Å²) >= 11 is 0. The van der Waals surface area contributed by atoms with Crippen LogP contribution in [0.5, 0.6) is 5.75 Å². The summed E-state index contributed by atoms with van der Waals surface area (Å²) in [4.78, 5) is 46.7. The molecule has 0 heterocycles. The van der Waals surface area contributed by atoms with E-state index in [2.05, 4.69) is 5.32 Å². The Morgan fingerprint density at radius 1 is 1.03 bits per heavy atom. The Kier molecular flexibility index (Phi) is 7.24. The maximum Gasteiger partial charge on any atom is 0.325 e. The van der Waals surface area contributed by atoms with Gasteiger partial charge in [-0.2, -0.15) is 0 Å². The predicted molar refractivity (Wildman–Crippen MR) is 108 cm³/mol. The van der Waals surface area contributed by atoms with Gasteiger partial charge in [0.25, 0.3) is 5.91 Å². The number of benzene rings is 2. The van der Waals surface area contributed by atoms with E-state index in [-0.39, 0.29) is 22.8 Å². The molecule has 0 aliphatic heterocycles. The molecule has 9 heteroatoms. The average Bonchev–Trinajstić information content (AvgIpc) is 2.72. The molecule has 2 rings (SSSR count). The zero-order valence-corrected chi connectivity index (χ0v) is 17.1. The van der Waals surface area contributed by atoms with Gasteiger partial charge in [-0.25, -0.2) is 0 Å². The van der Waals surface area contributed by atoms with Crippen LogP contribution in [-0.2, 0) is 9.53 Å². The topological polar surface area (TPSA) is 125 Å². The minimum atomic E-state index is -0.804. The number of nitrogens with zero attached hydrogens (tertiary/aromatic N) is 1. The predicted octanol–water partition coefficient (Wildman–Crippen LogP) is 2.68. The Morgan fingerprint density at radius 2 is 1.70 bits per heavy atom. The van der Waals surface area contributed by atoms with Gasteiger partial charge >= 0.3 is 11.7 Å². The number of aryl methyl sites for hydroxylation is 3. The summed E-state index contributed by atoms with van der Waals surface area (Å²) in [6.07, 6.45) is 0. The number of ketones is 1. The highest BCUT2D eigenvalue weighted by Crippen LogP contribution is 2.27. The molecule has 0 bridgehead atoms. The molecule has 0 unspecified atom stereocenters. The molecular formula is C21H22N2O7. The fourth-order valence-electron chi connectivity index (χ4n) is 2.76. The van der Waals surface area contributed by atoms with Crippen molar-refractivity contribution in [3.8, 4) is 5.75 Å². The minimum absolute atomic E-state index is 0.0103. The van der Waals surface area contributed by atoms with Crippen molar-refractivity contribution in [2.75, 3.05) is 20.3 Å². The van der Waals surface area contributed by atoms with Gasteiger partial charge in [-0.3, -0.25) is 24.5 Å². The number of nitro groups is 1. The third-order valence-corrected chi connectivity index (χ3v) is 4.54. The molecule has 0 fully saturated rings. The van der Waals surface area contributed by atoms with Crippen LogP contribution in [-0.4, -0.2) is 42.8 Å². The van der Waals surface area contributed by atoms with Crippen molar-refractivity contribution in [3.05, 3.63) is 68.3 Å². The molecule has 30 heavy (non-hydrogen) atoms. The molecule has 0 aromatic heterocycles. The van der Waals surface area contributed by atoms with Crippen molar-refractivity contribution in [1.29, 1.82) is 0 Å². The molecule has 0 radical (unpaired) electrons. The fraction of sp³-hybridized carbons (Fsp3) is 0.286. The Hall–Kier alpha value is -3.75. The lowest BCUT2D eigenvalue weighted by atomic mass is 9.98. The highest BCUT2D eigenvalue weighted by atomic mass is 16.6. The lowest BCUT2D eigenvalue weighted by Crippen LogP contribution is -2.31. The number of nitro benzene ring substituents is 1. The molecule has 2 aromatic carbocycles. The van der Waals surface area contributed by atoms with Crippen molar-refractivity contribution < 1.29 is 28.8 Å². The van der Waals surface area contributed by atoms with Gasteiger partial charge in [0.15, 0.2) is 12.4 Å². The summed E-state index contributed by atoms with van der Waals surface area (Å²) in [6.45, 7) is 4.69. The largest absolute Gasteiger partial charge is 0.490 e. The summed E-state index contributed by atoms with van der Waals surface area (Å²) in [5.74, 6) is -1.84. The lowest BCUT2D eigenvalue weighted by molar-refractivity contribution is -0.385. The maximum atomic E-state index is 12.3. The molecule has 0 aliphatic carbocycles. The Balaban J connectivity index is 1.93. The van der Waals surface area contributed by atoms with Gasteiger partial charge in [-0.1, -0.05) is 6.07 Å². The number of nitrogens with one attached hydrogen (secondary N) is 1. The van der Waals surface area contributed by atoms with Crippen LogP contribution in [0.2, 0.25) is 0 Å². The zero-order chi connectivity index (χ0) is 22.4. The van der Waals surface area contributed by atoms with Gasteiger partial charge < -0.3 is 14.8 Å². The number of carbonyl (C=O) groups excluding carboxylic acids is 3. The van der Waals surface area contributed by atoms with E-state index in [1.807, 2.05) is 19.9 Å². The van der Waals surface area contributed by atoms with Crippen molar-refractivity contribution in [3.63, 3.8) is 0 Å². The molecule has 0 saturated carbocycles. The van der Waals surface area contributed by atoms with Crippen LogP contribution in [0.1, 0.15) is 37.4 Å². The van der Waals surface area contributed by atoms with E-state index in [9.17, 15) is 24.5 Å². The van der Waals surface area contributed by atoms with Crippen LogP contribution in [0.25, 0.3) is 0 Å². The number of methoxy groups -OCH3 is 1. The number of hydrogen-bond donors (Lipinski definition) is 1. The van der Waals surface area contributed by atoms with E-state index in [0.29, 0.717) is 5.56 Å². The van der Waals surface area contributed by atoms with Gasteiger partial charge in [0.1, 0.15) is 6.54 Å². The monoisotopic (exact) mass is 414 g/mol. The van der Waals surface area contributed by atoms with Crippen molar-refractivity contribution >= 4 is 23.3 Å². The molecule has 1 amide bonds. The van der Waals surface area contributed by atoms with E-state index in [1.54, 1.807) is 13.0 Å². The number of esters is 1. The second-order valence-electron chi connectivity index (χ2n) is 6.66. The van der Waals surface area contributed by atoms with Gasteiger partial charge in [-0.15, -0.1) is 0 Å². The molecule has 0 aliphatic rings. The van der Waals surface area contributed by atoms with E-state index in [1.165, 1.54) is 19.2 Å². The highest BCUT2D eigenvalue weighted by molar-refractivity contribution is 6.00. The summed E-state index contributed by atoms with van der Waals surface area (Å²) < 4.78 is 9.81. The summed E-state index contributed by atoms with van der Waals surface area (Å²) in [6, 6.07) is 7.30. The summed E-state index contributed by atoms with van der Waals surface area (Å²) in [7, 11) is 1.28. The molecule has 0 atom stereocenters. The first-order valence-electron chi connectivity index (χ1n) is 9.01. The summed E-state index contributed by atoms with van der Waals surface area (Å²) in [5.41, 5.74) is 2.88. The first kappa shape index (κ1) is 22.5. The van der Waals surface area contributed by atoms with Gasteiger partial charge in [0.05, 0.1) is 12.0 Å². The van der Waals surface area contributed by atoms with Crippen LogP contribution in [0.4, 0.5) is 5.69 Å². The van der Waals surface area contributed by atoms with Crippen LogP contribution < -0.4 is 10.1 Å².